The number of halogens is 3. The fourth-order valence-electron chi connectivity index (χ4n) is 3.71. The first-order chi connectivity index (χ1) is 15.2. The van der Waals surface area contributed by atoms with Gasteiger partial charge in [-0.3, -0.25) is 9.20 Å². The van der Waals surface area contributed by atoms with Gasteiger partial charge in [-0.15, -0.1) is 10.2 Å². The Morgan fingerprint density at radius 2 is 1.84 bits per heavy atom. The van der Waals surface area contributed by atoms with Crippen molar-refractivity contribution in [3.8, 4) is 0 Å². The second-order valence-electron chi connectivity index (χ2n) is 7.52. The van der Waals surface area contributed by atoms with Crippen LogP contribution in [0.4, 0.5) is 18.9 Å². The fourth-order valence-corrected chi connectivity index (χ4v) is 4.67. The molecular weight excluding hydrogens is 437 g/mol. The number of carbonyl (C=O) groups is 1. The van der Waals surface area contributed by atoms with Gasteiger partial charge in [-0.2, -0.15) is 13.2 Å². The lowest BCUT2D eigenvalue weighted by molar-refractivity contribution is -0.137. The number of alkyl halides is 3. The summed E-state index contributed by atoms with van der Waals surface area (Å²) in [6, 6.07) is 12.9. The van der Waals surface area contributed by atoms with Crippen LogP contribution in [0.1, 0.15) is 30.0 Å². The molecule has 0 spiro atoms. The second-order valence-corrected chi connectivity index (χ2v) is 8.69. The number of aromatic nitrogens is 3. The van der Waals surface area contributed by atoms with E-state index in [9.17, 15) is 18.0 Å². The number of para-hydroxylation sites is 2. The zero-order valence-electron chi connectivity index (χ0n) is 17.7. The van der Waals surface area contributed by atoms with Crippen LogP contribution in [0.2, 0.25) is 0 Å². The molecule has 0 bridgehead atoms. The van der Waals surface area contributed by atoms with Crippen molar-refractivity contribution >= 4 is 39.9 Å². The Balaban J connectivity index is 1.69. The number of nitrogens with one attached hydrogen (secondary N) is 1. The topological polar surface area (TPSA) is 59.3 Å². The summed E-state index contributed by atoms with van der Waals surface area (Å²) in [5.74, 6) is -0.515. The van der Waals surface area contributed by atoms with E-state index in [0.717, 1.165) is 28.1 Å². The van der Waals surface area contributed by atoms with Gasteiger partial charge in [0.1, 0.15) is 0 Å². The van der Waals surface area contributed by atoms with Crippen molar-refractivity contribution in [1.82, 2.24) is 14.6 Å². The summed E-state index contributed by atoms with van der Waals surface area (Å²) in [7, 11) is 0. The van der Waals surface area contributed by atoms with E-state index in [1.54, 1.807) is 0 Å². The maximum Gasteiger partial charge on any atom is 0.418 e. The third-order valence-electron chi connectivity index (χ3n) is 5.29. The van der Waals surface area contributed by atoms with Gasteiger partial charge in [0.15, 0.2) is 10.8 Å². The van der Waals surface area contributed by atoms with Crippen LogP contribution in [0.25, 0.3) is 16.6 Å². The maximum absolute atomic E-state index is 13.3. The largest absolute Gasteiger partial charge is 0.418 e. The molecule has 2 heterocycles. The highest BCUT2D eigenvalue weighted by molar-refractivity contribution is 8.00. The van der Waals surface area contributed by atoms with Gasteiger partial charge in [-0.25, -0.2) is 0 Å². The normalized spacial score (nSPS) is 12.9. The van der Waals surface area contributed by atoms with Crippen LogP contribution in [0, 0.1) is 13.8 Å². The van der Waals surface area contributed by atoms with Crippen LogP contribution in [-0.4, -0.2) is 25.8 Å². The standard InChI is InChI=1S/C23H21F3N4OS/c1-4-18(21(31)27-17-11-6-5-10-16(17)23(24,25)26)32-22-29-28-19-12-14(3)15-9-7-8-13(2)20(15)30(19)22/h5-12,18H,4H2,1-3H3,(H,27,31). The molecule has 0 aliphatic rings. The number of anilines is 1. The molecule has 0 saturated heterocycles. The van der Waals surface area contributed by atoms with E-state index >= 15 is 0 Å². The van der Waals surface area contributed by atoms with Gasteiger partial charge in [-0.05, 0) is 49.6 Å². The Morgan fingerprint density at radius 1 is 1.09 bits per heavy atom. The number of hydrogen-bond donors (Lipinski definition) is 1. The zero-order valence-corrected chi connectivity index (χ0v) is 18.5. The number of nitrogens with zero attached hydrogens (tertiary/aromatic N) is 3. The number of pyridine rings is 1. The number of fused-ring (bicyclic) bond motifs is 3. The van der Waals surface area contributed by atoms with Crippen LogP contribution < -0.4 is 5.32 Å². The van der Waals surface area contributed by atoms with Crippen LogP contribution in [0.3, 0.4) is 0 Å². The lowest BCUT2D eigenvalue weighted by Crippen LogP contribution is -2.26. The minimum atomic E-state index is -4.56. The molecule has 0 fully saturated rings. The maximum atomic E-state index is 13.3. The first-order valence-electron chi connectivity index (χ1n) is 10.1. The van der Waals surface area contributed by atoms with Crippen molar-refractivity contribution < 1.29 is 18.0 Å². The van der Waals surface area contributed by atoms with Crippen LogP contribution in [0.5, 0.6) is 0 Å². The molecule has 2 aromatic carbocycles. The molecule has 0 aliphatic heterocycles. The van der Waals surface area contributed by atoms with Crippen molar-refractivity contribution in [2.45, 2.75) is 43.8 Å². The van der Waals surface area contributed by atoms with Gasteiger partial charge in [0.05, 0.1) is 22.0 Å². The molecule has 166 valence electrons. The zero-order chi connectivity index (χ0) is 23.0. The first kappa shape index (κ1) is 22.1. The molecule has 2 aromatic heterocycles. The van der Waals surface area contributed by atoms with Crippen molar-refractivity contribution in [3.63, 3.8) is 0 Å². The molecular formula is C23H21F3N4OS. The Bertz CT molecular complexity index is 1320. The summed E-state index contributed by atoms with van der Waals surface area (Å²) in [5.41, 5.74) is 2.57. The number of thioether (sulfide) groups is 1. The molecule has 5 nitrogen and oxygen atoms in total. The van der Waals surface area contributed by atoms with E-state index < -0.39 is 22.9 Å². The van der Waals surface area contributed by atoms with E-state index in [2.05, 4.69) is 15.5 Å². The van der Waals surface area contributed by atoms with Gasteiger partial charge in [-0.1, -0.05) is 49.0 Å². The van der Waals surface area contributed by atoms with Gasteiger partial charge < -0.3 is 5.32 Å². The van der Waals surface area contributed by atoms with Gasteiger partial charge >= 0.3 is 6.18 Å². The quantitative estimate of drug-likeness (QED) is 0.371. The molecule has 4 aromatic rings. The smallest absolute Gasteiger partial charge is 0.325 e. The average Bonchev–Trinajstić information content (AvgIpc) is 3.14. The number of benzene rings is 2. The summed E-state index contributed by atoms with van der Waals surface area (Å²) >= 11 is 1.19. The molecule has 9 heteroatoms. The number of hydrogen-bond acceptors (Lipinski definition) is 4. The molecule has 32 heavy (non-hydrogen) atoms. The SMILES string of the molecule is CCC(Sc1nnc2cc(C)c3cccc(C)c3n12)C(=O)Nc1ccccc1C(F)(F)F. The van der Waals surface area contributed by atoms with E-state index in [0.29, 0.717) is 17.2 Å². The lowest BCUT2D eigenvalue weighted by Gasteiger charge is -2.17. The fraction of sp³-hybridized carbons (Fsp3) is 0.261. The summed E-state index contributed by atoms with van der Waals surface area (Å²) in [4.78, 5) is 12.9. The van der Waals surface area contributed by atoms with Gasteiger partial charge in [0, 0.05) is 5.39 Å². The molecule has 1 unspecified atom stereocenters. The number of carbonyl (C=O) groups excluding carboxylic acids is 1. The predicted octanol–water partition coefficient (Wildman–Crippen LogP) is 6.03. The Morgan fingerprint density at radius 3 is 2.56 bits per heavy atom. The van der Waals surface area contributed by atoms with Gasteiger partial charge in [0.25, 0.3) is 0 Å². The first-order valence-corrected chi connectivity index (χ1v) is 11.0. The summed E-state index contributed by atoms with van der Waals surface area (Å²) in [6.45, 7) is 5.81. The van der Waals surface area contributed by atoms with E-state index in [1.807, 2.05) is 49.4 Å². The molecule has 1 N–H and O–H groups in total. The predicted molar refractivity (Wildman–Crippen MR) is 120 cm³/mol. The Hall–Kier alpha value is -3.07. The summed E-state index contributed by atoms with van der Waals surface area (Å²) in [5, 5.41) is 11.9. The van der Waals surface area contributed by atoms with Crippen LogP contribution >= 0.6 is 11.8 Å². The van der Waals surface area contributed by atoms with E-state index in [-0.39, 0.29) is 5.69 Å². The van der Waals surface area contributed by atoms with Crippen LogP contribution in [0.15, 0.2) is 53.7 Å². The van der Waals surface area contributed by atoms with Crippen molar-refractivity contribution in [2.75, 3.05) is 5.32 Å². The minimum Gasteiger partial charge on any atom is -0.325 e. The van der Waals surface area contributed by atoms with Gasteiger partial charge in [0.2, 0.25) is 5.91 Å². The summed E-state index contributed by atoms with van der Waals surface area (Å²) in [6.07, 6.45) is -4.15. The molecule has 1 amide bonds. The van der Waals surface area contributed by atoms with Crippen molar-refractivity contribution in [2.24, 2.45) is 0 Å². The highest BCUT2D eigenvalue weighted by atomic mass is 32.2. The number of aryl methyl sites for hydroxylation is 2. The van der Waals surface area contributed by atoms with Crippen LogP contribution in [-0.2, 0) is 11.0 Å². The average molecular weight is 459 g/mol. The lowest BCUT2D eigenvalue weighted by atomic mass is 10.1. The monoisotopic (exact) mass is 458 g/mol. The highest BCUT2D eigenvalue weighted by Gasteiger charge is 2.34. The van der Waals surface area contributed by atoms with E-state index in [4.69, 9.17) is 0 Å². The Kier molecular flexibility index (Phi) is 5.85. The molecule has 4 rings (SSSR count). The Labute approximate surface area is 187 Å². The number of rotatable bonds is 5. The third-order valence-corrected chi connectivity index (χ3v) is 6.60. The summed E-state index contributed by atoms with van der Waals surface area (Å²) < 4.78 is 41.8. The van der Waals surface area contributed by atoms with Crippen molar-refractivity contribution in [1.29, 1.82) is 0 Å². The van der Waals surface area contributed by atoms with E-state index in [1.165, 1.54) is 30.0 Å². The highest BCUT2D eigenvalue weighted by Crippen LogP contribution is 2.36. The molecule has 0 saturated carbocycles. The molecule has 1 atom stereocenters. The number of amides is 1. The minimum absolute atomic E-state index is 0.257. The second kappa shape index (κ2) is 8.46. The molecule has 0 radical (unpaired) electrons. The molecule has 0 aliphatic carbocycles. The van der Waals surface area contributed by atoms with Crippen molar-refractivity contribution in [3.05, 3.63) is 65.2 Å². The third kappa shape index (κ3) is 4.04.